The van der Waals surface area contributed by atoms with Crippen molar-refractivity contribution in [3.8, 4) is 0 Å². The van der Waals surface area contributed by atoms with Gasteiger partial charge in [0.05, 0.1) is 0 Å². The molecule has 4 heteroatoms. The topological polar surface area (TPSA) is 46.1 Å². The molecule has 0 amide bonds. The molecule has 2 bridgehead atoms. The highest BCUT2D eigenvalue weighted by atomic mass is 16.1. The normalized spacial score (nSPS) is 19.4. The van der Waals surface area contributed by atoms with Crippen LogP contribution in [-0.4, -0.2) is 17.0 Å². The van der Waals surface area contributed by atoms with Crippen LogP contribution in [-0.2, 0) is 11.2 Å². The molecule has 0 saturated heterocycles. The molecule has 0 spiro atoms. The van der Waals surface area contributed by atoms with Gasteiger partial charge in [0.15, 0.2) is 0 Å². The number of fused-ring (bicyclic) bond motifs is 2. The van der Waals surface area contributed by atoms with Gasteiger partial charge in [-0.1, -0.05) is 12.8 Å². The molecule has 17 heavy (non-hydrogen) atoms. The molecular formula is C13H21N3O. The highest BCUT2D eigenvalue weighted by Crippen LogP contribution is 2.09. The van der Waals surface area contributed by atoms with Crippen molar-refractivity contribution in [2.45, 2.75) is 44.9 Å². The van der Waals surface area contributed by atoms with Crippen LogP contribution in [0.1, 0.15) is 44.1 Å². The van der Waals surface area contributed by atoms with E-state index in [9.17, 15) is 4.79 Å². The van der Waals surface area contributed by atoms with E-state index in [-0.39, 0.29) is 0 Å². The molecule has 1 aliphatic rings. The van der Waals surface area contributed by atoms with E-state index in [1.165, 1.54) is 12.0 Å². The van der Waals surface area contributed by atoms with E-state index < -0.39 is 0 Å². The van der Waals surface area contributed by atoms with Gasteiger partial charge in [-0.2, -0.15) is 0 Å². The number of nitrogens with zero attached hydrogens (tertiary/aromatic N) is 1. The Morgan fingerprint density at radius 3 is 2.88 bits per heavy atom. The van der Waals surface area contributed by atoms with Gasteiger partial charge in [-0.15, -0.1) is 0 Å². The maximum Gasteiger partial charge on any atom is 0.133 e. The summed E-state index contributed by atoms with van der Waals surface area (Å²) in [5.41, 5.74) is 7.51. The molecule has 4 nitrogen and oxygen atoms in total. The third-order valence-electron chi connectivity index (χ3n) is 3.16. The van der Waals surface area contributed by atoms with Gasteiger partial charge in [-0.25, -0.2) is 5.43 Å². The highest BCUT2D eigenvalue weighted by molar-refractivity contribution is 5.78. The minimum Gasteiger partial charge on any atom is -0.300 e. The van der Waals surface area contributed by atoms with E-state index in [4.69, 9.17) is 0 Å². The summed E-state index contributed by atoms with van der Waals surface area (Å²) in [4.78, 5) is 11.6. The largest absolute Gasteiger partial charge is 0.300 e. The zero-order chi connectivity index (χ0) is 11.9. The molecule has 1 aliphatic heterocycles. The molecule has 2 rings (SSSR count). The lowest BCUT2D eigenvalue weighted by molar-refractivity contribution is -0.119. The van der Waals surface area contributed by atoms with Crippen molar-refractivity contribution in [1.29, 1.82) is 0 Å². The van der Waals surface area contributed by atoms with E-state index in [0.29, 0.717) is 12.2 Å². The molecule has 2 heterocycles. The lowest BCUT2D eigenvalue weighted by Crippen LogP contribution is -2.30. The van der Waals surface area contributed by atoms with Crippen LogP contribution in [0.5, 0.6) is 0 Å². The number of carbonyl (C=O) groups is 1. The number of nitrogens with one attached hydrogen (secondary N) is 2. The van der Waals surface area contributed by atoms with Gasteiger partial charge in [0.2, 0.25) is 0 Å². The predicted octanol–water partition coefficient (Wildman–Crippen LogP) is 2.00. The van der Waals surface area contributed by atoms with Crippen LogP contribution in [0, 0.1) is 0 Å². The average molecular weight is 235 g/mol. The number of hydrazine groups is 1. The van der Waals surface area contributed by atoms with Crippen molar-refractivity contribution in [2.75, 3.05) is 12.1 Å². The van der Waals surface area contributed by atoms with Gasteiger partial charge in [-0.05, 0) is 30.9 Å². The first-order valence-electron chi connectivity index (χ1n) is 6.52. The van der Waals surface area contributed by atoms with Crippen LogP contribution >= 0.6 is 0 Å². The maximum absolute atomic E-state index is 11.6. The molecule has 0 radical (unpaired) electrons. The summed E-state index contributed by atoms with van der Waals surface area (Å²) in [6, 6.07) is 2.06. The fourth-order valence-electron chi connectivity index (χ4n) is 2.10. The van der Waals surface area contributed by atoms with Gasteiger partial charge in [0.1, 0.15) is 5.78 Å². The smallest absolute Gasteiger partial charge is 0.133 e. The molecule has 0 atom stereocenters. The van der Waals surface area contributed by atoms with Gasteiger partial charge in [0, 0.05) is 31.8 Å². The number of rotatable bonds is 0. The van der Waals surface area contributed by atoms with Gasteiger partial charge in [0.25, 0.3) is 0 Å². The number of aryl methyl sites for hydroxylation is 1. The first-order chi connectivity index (χ1) is 8.34. The Kier molecular flexibility index (Phi) is 4.62. The van der Waals surface area contributed by atoms with Crippen LogP contribution in [0.4, 0.5) is 0 Å². The number of carbonyl (C=O) groups excluding carboxylic acids is 1. The number of ketones is 1. The summed E-state index contributed by atoms with van der Waals surface area (Å²) < 4.78 is 1.91. The predicted molar refractivity (Wildman–Crippen MR) is 68.2 cm³/mol. The molecule has 1 aromatic heterocycles. The molecule has 94 valence electrons. The lowest BCUT2D eigenvalue weighted by Gasteiger charge is -2.09. The summed E-state index contributed by atoms with van der Waals surface area (Å²) in [7, 11) is 0. The number of aromatic nitrogens is 1. The Balaban J connectivity index is 1.91. The van der Waals surface area contributed by atoms with Gasteiger partial charge >= 0.3 is 0 Å². The van der Waals surface area contributed by atoms with E-state index in [1.54, 1.807) is 0 Å². The minimum atomic E-state index is 0.404. The standard InChI is InChI=1S/C13H21N3O/c17-13-5-3-1-2-4-9-14-15-16-10-8-12(11-16)6-7-13/h8,10-11,14-15H,1-7,9H2. The van der Waals surface area contributed by atoms with Crippen LogP contribution in [0.25, 0.3) is 0 Å². The summed E-state index contributed by atoms with van der Waals surface area (Å²) in [5, 5.41) is 0. The Bertz CT molecular complexity index is 359. The summed E-state index contributed by atoms with van der Waals surface area (Å²) in [5.74, 6) is 0.404. The summed E-state index contributed by atoms with van der Waals surface area (Å²) in [6.45, 7) is 0.960. The highest BCUT2D eigenvalue weighted by Gasteiger charge is 2.04. The maximum atomic E-state index is 11.6. The van der Waals surface area contributed by atoms with Crippen molar-refractivity contribution >= 4 is 5.78 Å². The second-order valence-corrected chi connectivity index (χ2v) is 4.67. The first-order valence-corrected chi connectivity index (χ1v) is 6.52. The van der Waals surface area contributed by atoms with Crippen LogP contribution < -0.4 is 11.0 Å². The van der Waals surface area contributed by atoms with E-state index in [1.807, 2.05) is 17.1 Å². The SMILES string of the molecule is O=C1CCCCCCNNn2ccc(c2)CC1. The molecule has 1 aromatic rings. The summed E-state index contributed by atoms with van der Waals surface area (Å²) >= 11 is 0. The van der Waals surface area contributed by atoms with Crippen molar-refractivity contribution in [3.05, 3.63) is 24.0 Å². The van der Waals surface area contributed by atoms with Gasteiger partial charge < -0.3 is 0 Å². The second kappa shape index (κ2) is 6.45. The third-order valence-corrected chi connectivity index (χ3v) is 3.16. The van der Waals surface area contributed by atoms with Gasteiger partial charge in [-0.3, -0.25) is 15.0 Å². The van der Waals surface area contributed by atoms with Crippen molar-refractivity contribution in [2.24, 2.45) is 0 Å². The van der Waals surface area contributed by atoms with Crippen molar-refractivity contribution in [3.63, 3.8) is 0 Å². The Labute approximate surface area is 102 Å². The Hall–Kier alpha value is -1.29. The number of hydrogen-bond donors (Lipinski definition) is 2. The Morgan fingerprint density at radius 1 is 1.06 bits per heavy atom. The molecule has 0 fully saturated rings. The molecule has 0 aliphatic carbocycles. The van der Waals surface area contributed by atoms with E-state index in [0.717, 1.165) is 38.6 Å². The summed E-state index contributed by atoms with van der Waals surface area (Å²) in [6.07, 6.45) is 10.9. The van der Waals surface area contributed by atoms with E-state index >= 15 is 0 Å². The zero-order valence-corrected chi connectivity index (χ0v) is 10.2. The number of hydrogen-bond acceptors (Lipinski definition) is 3. The fraction of sp³-hybridized carbons (Fsp3) is 0.615. The Morgan fingerprint density at radius 2 is 1.94 bits per heavy atom. The third kappa shape index (κ3) is 4.23. The van der Waals surface area contributed by atoms with Crippen LogP contribution in [0.3, 0.4) is 0 Å². The minimum absolute atomic E-state index is 0.404. The molecule has 0 aromatic carbocycles. The molecule has 2 N–H and O–H groups in total. The first kappa shape index (κ1) is 12.2. The lowest BCUT2D eigenvalue weighted by atomic mass is 10.0. The molecule has 0 unspecified atom stereocenters. The van der Waals surface area contributed by atoms with Crippen LogP contribution in [0.2, 0.25) is 0 Å². The fourth-order valence-corrected chi connectivity index (χ4v) is 2.10. The monoisotopic (exact) mass is 235 g/mol. The van der Waals surface area contributed by atoms with Crippen molar-refractivity contribution < 1.29 is 4.79 Å². The van der Waals surface area contributed by atoms with Crippen LogP contribution in [0.15, 0.2) is 18.5 Å². The number of Topliss-reactive ketones (excluding diaryl/α,β-unsaturated/α-hetero) is 1. The zero-order valence-electron chi connectivity index (χ0n) is 10.2. The second-order valence-electron chi connectivity index (χ2n) is 4.67. The average Bonchev–Trinajstić information content (AvgIpc) is 2.77. The quantitative estimate of drug-likeness (QED) is 0.723. The molecular weight excluding hydrogens is 214 g/mol. The van der Waals surface area contributed by atoms with Crippen molar-refractivity contribution in [1.82, 2.24) is 10.1 Å². The molecule has 0 saturated carbocycles. The van der Waals surface area contributed by atoms with E-state index in [2.05, 4.69) is 17.0 Å².